The minimum atomic E-state index is -3.77. The maximum Gasteiger partial charge on any atom is 0.250 e. The summed E-state index contributed by atoms with van der Waals surface area (Å²) in [6.45, 7) is 14.4. The Labute approximate surface area is 298 Å². The zero-order valence-corrected chi connectivity index (χ0v) is 31.0. The van der Waals surface area contributed by atoms with Gasteiger partial charge in [0.25, 0.3) is 0 Å². The van der Waals surface area contributed by atoms with Crippen LogP contribution in [0.1, 0.15) is 80.3 Å². The molecule has 268 valence electrons. The van der Waals surface area contributed by atoms with Gasteiger partial charge >= 0.3 is 0 Å². The number of Topliss-reactive ketones (excluding diaryl/α,β-unsaturated/α-hetero) is 1. The third-order valence-corrected chi connectivity index (χ3v) is 12.1. The molecule has 0 saturated carbocycles. The zero-order valence-electron chi connectivity index (χ0n) is 30.2. The van der Waals surface area contributed by atoms with Gasteiger partial charge in [-0.1, -0.05) is 80.0 Å². The van der Waals surface area contributed by atoms with Crippen molar-refractivity contribution in [2.24, 2.45) is 11.3 Å². The van der Waals surface area contributed by atoms with Gasteiger partial charge in [0, 0.05) is 25.6 Å². The standard InChI is InChI=1S/C37H45N9O4S/c1-8-26-18-27-12-10-11-13-32(27)51(49,50)44(21-26)22-29-19-28(15-14-23(29)3)33(30-16-17-31-34(25(30)5)39-42-45(31)9-2)37(6,7)35(48)38-36-40-41-43-46(36)20-24(4)47/h10-17,19,26,33H,8-9,18,20-22H2,1-7H3,(H,38,40,43,48)/t26-,33-/m0/s1. The van der Waals surface area contributed by atoms with E-state index >= 15 is 0 Å². The second-order valence-electron chi connectivity index (χ2n) is 14.1. The molecule has 1 amide bonds. The summed E-state index contributed by atoms with van der Waals surface area (Å²) >= 11 is 0. The number of ketones is 1. The van der Waals surface area contributed by atoms with E-state index in [0.29, 0.717) is 24.4 Å². The van der Waals surface area contributed by atoms with Gasteiger partial charge in [-0.3, -0.25) is 14.9 Å². The molecule has 1 N–H and O–H groups in total. The smallest absolute Gasteiger partial charge is 0.250 e. The van der Waals surface area contributed by atoms with Crippen LogP contribution in [0, 0.1) is 25.2 Å². The number of carbonyl (C=O) groups excluding carboxylic acids is 2. The van der Waals surface area contributed by atoms with Crippen LogP contribution in [0.3, 0.4) is 0 Å². The number of rotatable bonds is 11. The SMILES string of the molecule is CC[C@H]1Cc2ccccc2S(=O)(=O)N(Cc2cc([C@@H](c3ccc4c(nnn4CC)c3C)C(C)(C)C(=O)Nc3nnnn3CC(C)=O)ccc2C)C1. The fourth-order valence-electron chi connectivity index (χ4n) is 7.20. The van der Waals surface area contributed by atoms with E-state index in [1.807, 2.05) is 81.8 Å². The van der Waals surface area contributed by atoms with E-state index in [4.69, 9.17) is 0 Å². The summed E-state index contributed by atoms with van der Waals surface area (Å²) in [4.78, 5) is 26.6. The van der Waals surface area contributed by atoms with Gasteiger partial charge in [0.15, 0.2) is 5.78 Å². The first kappa shape index (κ1) is 36.0. The number of anilines is 1. The van der Waals surface area contributed by atoms with Crippen LogP contribution in [-0.4, -0.2) is 66.2 Å². The fourth-order valence-corrected chi connectivity index (χ4v) is 8.93. The first-order valence-corrected chi connectivity index (χ1v) is 18.8. The Morgan fingerprint density at radius 2 is 1.76 bits per heavy atom. The monoisotopic (exact) mass is 711 g/mol. The molecule has 0 bridgehead atoms. The number of nitrogens with one attached hydrogen (secondary N) is 1. The Kier molecular flexibility index (Phi) is 9.93. The summed E-state index contributed by atoms with van der Waals surface area (Å²) in [7, 11) is -3.77. The molecule has 2 aromatic heterocycles. The Hall–Kier alpha value is -4.82. The van der Waals surface area contributed by atoms with Crippen LogP contribution in [0.25, 0.3) is 11.0 Å². The largest absolute Gasteiger partial charge is 0.298 e. The normalized spacial score (nSPS) is 16.8. The van der Waals surface area contributed by atoms with Gasteiger partial charge in [-0.15, -0.1) is 5.10 Å². The lowest BCUT2D eigenvalue weighted by Crippen LogP contribution is -2.38. The lowest BCUT2D eigenvalue weighted by Gasteiger charge is -2.35. The summed E-state index contributed by atoms with van der Waals surface area (Å²) in [6.07, 6.45) is 1.55. The zero-order chi connectivity index (χ0) is 36.7. The van der Waals surface area contributed by atoms with E-state index in [9.17, 15) is 18.0 Å². The molecule has 51 heavy (non-hydrogen) atoms. The topological polar surface area (TPSA) is 158 Å². The van der Waals surface area contributed by atoms with Crippen molar-refractivity contribution in [3.63, 3.8) is 0 Å². The van der Waals surface area contributed by atoms with Crippen molar-refractivity contribution in [3.8, 4) is 0 Å². The lowest BCUT2D eigenvalue weighted by atomic mass is 9.69. The molecule has 3 heterocycles. The van der Waals surface area contributed by atoms with Crippen molar-refractivity contribution < 1.29 is 18.0 Å². The molecule has 1 aliphatic rings. The van der Waals surface area contributed by atoms with E-state index in [1.54, 1.807) is 16.4 Å². The van der Waals surface area contributed by atoms with E-state index in [-0.39, 0.29) is 36.6 Å². The van der Waals surface area contributed by atoms with Gasteiger partial charge in [-0.05, 0) is 96.0 Å². The molecule has 6 rings (SSSR count). The van der Waals surface area contributed by atoms with E-state index in [1.165, 1.54) is 11.6 Å². The summed E-state index contributed by atoms with van der Waals surface area (Å²) in [5, 5.41) is 23.2. The van der Waals surface area contributed by atoms with Crippen molar-refractivity contribution in [3.05, 3.63) is 88.0 Å². The van der Waals surface area contributed by atoms with Gasteiger partial charge in [-0.25, -0.2) is 17.8 Å². The van der Waals surface area contributed by atoms with Crippen LogP contribution in [0.15, 0.2) is 59.5 Å². The maximum atomic E-state index is 14.3. The molecule has 14 heteroatoms. The van der Waals surface area contributed by atoms with Crippen LogP contribution in [-0.2, 0) is 45.7 Å². The lowest BCUT2D eigenvalue weighted by molar-refractivity contribution is -0.124. The van der Waals surface area contributed by atoms with Gasteiger partial charge < -0.3 is 0 Å². The minimum Gasteiger partial charge on any atom is -0.298 e. The predicted octanol–water partition coefficient (Wildman–Crippen LogP) is 5.21. The van der Waals surface area contributed by atoms with Crippen molar-refractivity contribution in [2.75, 3.05) is 11.9 Å². The number of aromatic nitrogens is 7. The molecule has 0 unspecified atom stereocenters. The number of fused-ring (bicyclic) bond motifs is 2. The highest BCUT2D eigenvalue weighted by molar-refractivity contribution is 7.89. The third-order valence-electron chi connectivity index (χ3n) is 10.2. The molecule has 0 radical (unpaired) electrons. The first-order chi connectivity index (χ1) is 24.3. The molecule has 1 aliphatic heterocycles. The number of tetrazole rings is 1. The summed E-state index contributed by atoms with van der Waals surface area (Å²) in [5.41, 5.74) is 5.78. The molecular weight excluding hydrogens is 667 g/mol. The third kappa shape index (κ3) is 6.81. The first-order valence-electron chi connectivity index (χ1n) is 17.3. The number of aryl methyl sites for hydroxylation is 3. The number of amides is 1. The molecule has 5 aromatic rings. The molecule has 0 fully saturated rings. The molecule has 0 aliphatic carbocycles. The Morgan fingerprint density at radius 1 is 1.00 bits per heavy atom. The van der Waals surface area contributed by atoms with Gasteiger partial charge in [0.2, 0.25) is 21.9 Å². The summed E-state index contributed by atoms with van der Waals surface area (Å²) in [6, 6.07) is 17.3. The van der Waals surface area contributed by atoms with Crippen LogP contribution in [0.2, 0.25) is 0 Å². The number of hydrogen-bond acceptors (Lipinski definition) is 9. The van der Waals surface area contributed by atoms with Gasteiger partial charge in [0.05, 0.1) is 15.8 Å². The molecular formula is C37H45N9O4S. The van der Waals surface area contributed by atoms with E-state index < -0.39 is 21.4 Å². The average molecular weight is 712 g/mol. The van der Waals surface area contributed by atoms with Crippen molar-refractivity contribution >= 4 is 38.7 Å². The van der Waals surface area contributed by atoms with Crippen LogP contribution in [0.4, 0.5) is 5.95 Å². The minimum absolute atomic E-state index is 0.0711. The average Bonchev–Trinajstić information content (AvgIpc) is 3.70. The van der Waals surface area contributed by atoms with Gasteiger partial charge in [0.1, 0.15) is 12.1 Å². The number of hydrogen-bond donors (Lipinski definition) is 1. The quantitative estimate of drug-likeness (QED) is 0.194. The van der Waals surface area contributed by atoms with Crippen molar-refractivity contribution in [1.82, 2.24) is 39.5 Å². The molecule has 0 saturated heterocycles. The molecule has 13 nitrogen and oxygen atoms in total. The number of sulfonamides is 1. The predicted molar refractivity (Wildman–Crippen MR) is 193 cm³/mol. The fraction of sp³-hybridized carbons (Fsp3) is 0.432. The summed E-state index contributed by atoms with van der Waals surface area (Å²) in [5.74, 6) is -0.792. The molecule has 0 spiro atoms. The number of nitrogens with zero attached hydrogens (tertiary/aromatic N) is 8. The maximum absolute atomic E-state index is 14.3. The highest BCUT2D eigenvalue weighted by Gasteiger charge is 2.41. The van der Waals surface area contributed by atoms with Crippen molar-refractivity contribution in [1.29, 1.82) is 0 Å². The van der Waals surface area contributed by atoms with Crippen LogP contribution >= 0.6 is 0 Å². The Balaban J connectivity index is 1.45. The van der Waals surface area contributed by atoms with Crippen molar-refractivity contribution in [2.45, 2.75) is 91.8 Å². The Bertz CT molecular complexity index is 2220. The van der Waals surface area contributed by atoms with E-state index in [0.717, 1.165) is 50.8 Å². The number of carbonyl (C=O) groups is 2. The highest BCUT2D eigenvalue weighted by Crippen LogP contribution is 2.45. The van der Waals surface area contributed by atoms with Crippen LogP contribution < -0.4 is 5.32 Å². The summed E-state index contributed by atoms with van der Waals surface area (Å²) < 4.78 is 33.0. The molecule has 3 aromatic carbocycles. The Morgan fingerprint density at radius 3 is 2.49 bits per heavy atom. The second-order valence-corrected chi connectivity index (χ2v) is 16.0. The van der Waals surface area contributed by atoms with Gasteiger partial charge in [-0.2, -0.15) is 4.31 Å². The highest BCUT2D eigenvalue weighted by atomic mass is 32.2. The molecule has 2 atom stereocenters. The van der Waals surface area contributed by atoms with Crippen LogP contribution in [0.5, 0.6) is 0 Å². The second kappa shape index (κ2) is 14.1. The van der Waals surface area contributed by atoms with E-state index in [2.05, 4.69) is 38.1 Å². The number of benzene rings is 3.